The van der Waals surface area contributed by atoms with Crippen molar-refractivity contribution in [3.8, 4) is 5.75 Å². The van der Waals surface area contributed by atoms with Gasteiger partial charge in [0.1, 0.15) is 18.9 Å². The third-order valence-electron chi connectivity index (χ3n) is 4.24. The Morgan fingerprint density at radius 2 is 1.74 bits per heavy atom. The molecule has 3 rings (SSSR count). The predicted molar refractivity (Wildman–Crippen MR) is 111 cm³/mol. The normalized spacial score (nSPS) is 14.7. The molecule has 0 aliphatic carbocycles. The SMILES string of the molecule is CCOC(=O)CN1C(=O)S/C(=C\c2ccc(OCc3ccc(C(=O)[O-])cc3)cc2)C1=O. The van der Waals surface area contributed by atoms with Crippen LogP contribution in [-0.2, 0) is 20.9 Å². The number of nitrogens with zero attached hydrogens (tertiary/aromatic N) is 1. The van der Waals surface area contributed by atoms with Crippen molar-refractivity contribution in [2.45, 2.75) is 13.5 Å². The number of hydrogen-bond donors (Lipinski definition) is 0. The molecule has 8 nitrogen and oxygen atoms in total. The first-order chi connectivity index (χ1) is 14.9. The van der Waals surface area contributed by atoms with E-state index in [0.29, 0.717) is 11.3 Å². The largest absolute Gasteiger partial charge is 0.545 e. The van der Waals surface area contributed by atoms with E-state index < -0.39 is 29.6 Å². The van der Waals surface area contributed by atoms with Crippen molar-refractivity contribution in [3.63, 3.8) is 0 Å². The van der Waals surface area contributed by atoms with Crippen LogP contribution in [0.3, 0.4) is 0 Å². The fourth-order valence-corrected chi connectivity index (χ4v) is 3.53. The van der Waals surface area contributed by atoms with E-state index in [1.165, 1.54) is 12.1 Å². The summed E-state index contributed by atoms with van der Waals surface area (Å²) in [6, 6.07) is 13.1. The summed E-state index contributed by atoms with van der Waals surface area (Å²) in [6.45, 7) is 1.65. The minimum absolute atomic E-state index is 0.0970. The molecule has 0 aromatic heterocycles. The van der Waals surface area contributed by atoms with Gasteiger partial charge in [-0.2, -0.15) is 0 Å². The number of amides is 2. The van der Waals surface area contributed by atoms with Gasteiger partial charge in [0.05, 0.1) is 17.5 Å². The quantitative estimate of drug-likeness (QED) is 0.454. The highest BCUT2D eigenvalue weighted by Crippen LogP contribution is 2.32. The lowest BCUT2D eigenvalue weighted by Gasteiger charge is -2.10. The van der Waals surface area contributed by atoms with Crippen LogP contribution in [0.4, 0.5) is 4.79 Å². The number of aromatic carboxylic acids is 1. The number of esters is 1. The summed E-state index contributed by atoms with van der Waals surface area (Å²) in [6.07, 6.45) is 1.57. The molecular weight excluding hydrogens is 422 g/mol. The highest BCUT2D eigenvalue weighted by Gasteiger charge is 2.36. The molecule has 2 aromatic rings. The Bertz CT molecular complexity index is 1030. The van der Waals surface area contributed by atoms with Crippen LogP contribution in [0.25, 0.3) is 6.08 Å². The van der Waals surface area contributed by atoms with Gasteiger partial charge in [-0.15, -0.1) is 0 Å². The Balaban J connectivity index is 1.60. The Kier molecular flexibility index (Phi) is 7.09. The molecule has 2 amide bonds. The van der Waals surface area contributed by atoms with Crippen molar-refractivity contribution < 1.29 is 33.8 Å². The molecule has 0 saturated carbocycles. The summed E-state index contributed by atoms with van der Waals surface area (Å²) in [4.78, 5) is 47.8. The van der Waals surface area contributed by atoms with Crippen LogP contribution < -0.4 is 9.84 Å². The Morgan fingerprint density at radius 1 is 1.06 bits per heavy atom. The average Bonchev–Trinajstić information content (AvgIpc) is 3.01. The van der Waals surface area contributed by atoms with Crippen LogP contribution in [0.2, 0.25) is 0 Å². The minimum Gasteiger partial charge on any atom is -0.545 e. The zero-order valence-corrected chi connectivity index (χ0v) is 17.3. The molecule has 160 valence electrons. The summed E-state index contributed by atoms with van der Waals surface area (Å²) in [7, 11) is 0. The molecule has 1 saturated heterocycles. The lowest BCUT2D eigenvalue weighted by molar-refractivity contribution is -0.255. The predicted octanol–water partition coefficient (Wildman–Crippen LogP) is 2.23. The standard InChI is InChI=1S/C22H19NO7S/c1-2-29-19(24)12-23-20(25)18(31-22(23)28)11-14-5-9-17(10-6-14)30-13-15-3-7-16(8-4-15)21(26)27/h3-11H,2,12-13H2,1H3,(H,26,27)/p-1/b18-11-. The van der Waals surface area contributed by atoms with Gasteiger partial charge in [-0.25, -0.2) is 0 Å². The highest BCUT2D eigenvalue weighted by atomic mass is 32.2. The summed E-state index contributed by atoms with van der Waals surface area (Å²) in [5.74, 6) is -1.83. The van der Waals surface area contributed by atoms with E-state index in [1.807, 2.05) is 0 Å². The number of ether oxygens (including phenoxy) is 2. The van der Waals surface area contributed by atoms with Gasteiger partial charge in [-0.1, -0.05) is 36.4 Å². The Labute approximate surface area is 182 Å². The second kappa shape index (κ2) is 9.94. The van der Waals surface area contributed by atoms with E-state index in [9.17, 15) is 24.3 Å². The van der Waals surface area contributed by atoms with Crippen molar-refractivity contribution >= 4 is 40.9 Å². The van der Waals surface area contributed by atoms with Gasteiger partial charge in [0.2, 0.25) is 0 Å². The number of carbonyl (C=O) groups excluding carboxylic acids is 4. The minimum atomic E-state index is -1.23. The van der Waals surface area contributed by atoms with Gasteiger partial charge in [0.15, 0.2) is 0 Å². The van der Waals surface area contributed by atoms with Crippen LogP contribution in [0.5, 0.6) is 5.75 Å². The van der Waals surface area contributed by atoms with E-state index in [4.69, 9.17) is 9.47 Å². The first-order valence-electron chi connectivity index (χ1n) is 9.31. The fraction of sp³-hybridized carbons (Fsp3) is 0.182. The van der Waals surface area contributed by atoms with Gasteiger partial charge >= 0.3 is 5.97 Å². The molecule has 9 heteroatoms. The maximum Gasteiger partial charge on any atom is 0.326 e. The second-order valence-electron chi connectivity index (χ2n) is 6.41. The van der Waals surface area contributed by atoms with Crippen LogP contribution in [0, 0.1) is 0 Å². The molecule has 31 heavy (non-hydrogen) atoms. The lowest BCUT2D eigenvalue weighted by Crippen LogP contribution is -2.34. The van der Waals surface area contributed by atoms with Crippen molar-refractivity contribution in [3.05, 3.63) is 70.1 Å². The Morgan fingerprint density at radius 3 is 2.35 bits per heavy atom. The van der Waals surface area contributed by atoms with Gasteiger partial charge in [-0.05, 0) is 53.6 Å². The summed E-state index contributed by atoms with van der Waals surface area (Å²) >= 11 is 0.765. The molecule has 1 fully saturated rings. The van der Waals surface area contributed by atoms with Crippen molar-refractivity contribution in [1.29, 1.82) is 0 Å². The Hall–Kier alpha value is -3.59. The van der Waals surface area contributed by atoms with E-state index in [0.717, 1.165) is 22.2 Å². The van der Waals surface area contributed by atoms with Crippen LogP contribution in [-0.4, -0.2) is 41.1 Å². The maximum absolute atomic E-state index is 12.4. The molecular formula is C22H18NO7S-. The molecule has 1 heterocycles. The third kappa shape index (κ3) is 5.73. The average molecular weight is 440 g/mol. The van der Waals surface area contributed by atoms with Gasteiger partial charge in [-0.3, -0.25) is 19.3 Å². The zero-order chi connectivity index (χ0) is 22.4. The number of imide groups is 1. The molecule has 1 aliphatic rings. The van der Waals surface area contributed by atoms with E-state index in [2.05, 4.69) is 0 Å². The number of hydrogen-bond acceptors (Lipinski definition) is 8. The van der Waals surface area contributed by atoms with E-state index in [1.54, 1.807) is 49.4 Å². The number of carboxylic acid groups (broad SMARTS) is 1. The molecule has 0 spiro atoms. The van der Waals surface area contributed by atoms with Crippen molar-refractivity contribution in [2.75, 3.05) is 13.2 Å². The van der Waals surface area contributed by atoms with Gasteiger partial charge in [0, 0.05) is 0 Å². The molecule has 1 aliphatic heterocycles. The maximum atomic E-state index is 12.4. The van der Waals surface area contributed by atoms with E-state index >= 15 is 0 Å². The van der Waals surface area contributed by atoms with Gasteiger partial charge < -0.3 is 19.4 Å². The first-order valence-corrected chi connectivity index (χ1v) is 10.1. The van der Waals surface area contributed by atoms with Gasteiger partial charge in [0.25, 0.3) is 11.1 Å². The lowest BCUT2D eigenvalue weighted by atomic mass is 10.1. The number of carboxylic acids is 1. The molecule has 0 N–H and O–H groups in total. The monoisotopic (exact) mass is 440 g/mol. The highest BCUT2D eigenvalue weighted by molar-refractivity contribution is 8.18. The van der Waals surface area contributed by atoms with E-state index in [-0.39, 0.29) is 23.7 Å². The number of thioether (sulfide) groups is 1. The first kappa shape index (κ1) is 22.1. The summed E-state index contributed by atoms with van der Waals surface area (Å²) < 4.78 is 10.5. The summed E-state index contributed by atoms with van der Waals surface area (Å²) in [5, 5.41) is 10.2. The van der Waals surface area contributed by atoms with Crippen molar-refractivity contribution in [1.82, 2.24) is 4.90 Å². The van der Waals surface area contributed by atoms with Crippen LogP contribution in [0.1, 0.15) is 28.4 Å². The third-order valence-corrected chi connectivity index (χ3v) is 5.15. The van der Waals surface area contributed by atoms with Crippen LogP contribution in [0.15, 0.2) is 53.4 Å². The van der Waals surface area contributed by atoms with Crippen molar-refractivity contribution in [2.24, 2.45) is 0 Å². The molecule has 0 atom stereocenters. The second-order valence-corrected chi connectivity index (χ2v) is 7.41. The summed E-state index contributed by atoms with van der Waals surface area (Å²) in [5.41, 5.74) is 1.58. The number of benzene rings is 2. The molecule has 0 unspecified atom stereocenters. The van der Waals surface area contributed by atoms with Crippen LogP contribution >= 0.6 is 11.8 Å². The smallest absolute Gasteiger partial charge is 0.326 e. The molecule has 0 bridgehead atoms. The molecule has 0 radical (unpaired) electrons. The fourth-order valence-electron chi connectivity index (χ4n) is 2.69. The number of carbonyl (C=O) groups is 4. The number of rotatable bonds is 8. The zero-order valence-electron chi connectivity index (χ0n) is 16.5. The topological polar surface area (TPSA) is 113 Å². The molecule has 2 aromatic carbocycles.